The van der Waals surface area contributed by atoms with Crippen molar-refractivity contribution in [2.24, 2.45) is 0 Å². The summed E-state index contributed by atoms with van der Waals surface area (Å²) < 4.78 is 10.2. The van der Waals surface area contributed by atoms with Crippen molar-refractivity contribution in [3.8, 4) is 11.4 Å². The SMILES string of the molecule is COCCNC(=O)c1ccc(NCc2nc(-c3ccc(C)cc3)no2)cc1Cl. The topological polar surface area (TPSA) is 89.3 Å². The van der Waals surface area contributed by atoms with Crippen molar-refractivity contribution in [3.05, 3.63) is 64.5 Å². The molecule has 0 saturated heterocycles. The van der Waals surface area contributed by atoms with Crippen LogP contribution in [0.2, 0.25) is 5.02 Å². The highest BCUT2D eigenvalue weighted by molar-refractivity contribution is 6.34. The molecule has 7 nitrogen and oxygen atoms in total. The zero-order chi connectivity index (χ0) is 19.9. The summed E-state index contributed by atoms with van der Waals surface area (Å²) in [5, 5.41) is 10.3. The molecule has 2 aromatic carbocycles. The smallest absolute Gasteiger partial charge is 0.252 e. The highest BCUT2D eigenvalue weighted by atomic mass is 35.5. The van der Waals surface area contributed by atoms with E-state index in [0.717, 1.165) is 11.3 Å². The number of amides is 1. The molecule has 28 heavy (non-hydrogen) atoms. The van der Waals surface area contributed by atoms with Gasteiger partial charge in [0.25, 0.3) is 5.91 Å². The lowest BCUT2D eigenvalue weighted by molar-refractivity contribution is 0.0937. The number of hydrogen-bond donors (Lipinski definition) is 2. The number of rotatable bonds is 8. The van der Waals surface area contributed by atoms with Gasteiger partial charge in [-0.2, -0.15) is 4.98 Å². The minimum Gasteiger partial charge on any atom is -0.383 e. The number of carbonyl (C=O) groups excluding carboxylic acids is 1. The number of anilines is 1. The van der Waals surface area contributed by atoms with E-state index < -0.39 is 0 Å². The van der Waals surface area contributed by atoms with Crippen molar-refractivity contribution in [2.75, 3.05) is 25.6 Å². The summed E-state index contributed by atoms with van der Waals surface area (Å²) >= 11 is 6.23. The van der Waals surface area contributed by atoms with Crippen LogP contribution in [0.1, 0.15) is 21.8 Å². The minimum atomic E-state index is -0.242. The largest absolute Gasteiger partial charge is 0.383 e. The van der Waals surface area contributed by atoms with Crippen LogP contribution in [0.3, 0.4) is 0 Å². The summed E-state index contributed by atoms with van der Waals surface area (Å²) in [7, 11) is 1.58. The Balaban J connectivity index is 1.60. The van der Waals surface area contributed by atoms with Gasteiger partial charge in [-0.05, 0) is 25.1 Å². The predicted molar refractivity (Wildman–Crippen MR) is 107 cm³/mol. The average Bonchev–Trinajstić information content (AvgIpc) is 3.16. The van der Waals surface area contributed by atoms with Crippen LogP contribution in [0, 0.1) is 6.92 Å². The minimum absolute atomic E-state index is 0.242. The molecule has 1 heterocycles. The van der Waals surface area contributed by atoms with E-state index in [0.29, 0.717) is 42.0 Å². The zero-order valence-electron chi connectivity index (χ0n) is 15.7. The summed E-state index contributed by atoms with van der Waals surface area (Å²) in [5.74, 6) is 0.749. The summed E-state index contributed by atoms with van der Waals surface area (Å²) in [6.45, 7) is 3.23. The van der Waals surface area contributed by atoms with Crippen LogP contribution in [0.5, 0.6) is 0 Å². The molecule has 0 spiro atoms. The molecular weight excluding hydrogens is 380 g/mol. The molecule has 146 valence electrons. The van der Waals surface area contributed by atoms with Crippen LogP contribution < -0.4 is 10.6 Å². The normalized spacial score (nSPS) is 10.7. The molecular formula is C20H21ClN4O3. The molecule has 1 amide bonds. The van der Waals surface area contributed by atoms with Crippen LogP contribution in [-0.4, -0.2) is 36.3 Å². The number of nitrogens with zero attached hydrogens (tertiary/aromatic N) is 2. The molecule has 0 radical (unpaired) electrons. The van der Waals surface area contributed by atoms with E-state index >= 15 is 0 Å². The van der Waals surface area contributed by atoms with Gasteiger partial charge in [-0.1, -0.05) is 46.6 Å². The van der Waals surface area contributed by atoms with Gasteiger partial charge in [-0.3, -0.25) is 4.79 Å². The third-order valence-electron chi connectivity index (χ3n) is 4.03. The maximum atomic E-state index is 12.1. The van der Waals surface area contributed by atoms with Crippen LogP contribution in [0.4, 0.5) is 5.69 Å². The first-order chi connectivity index (χ1) is 13.6. The molecule has 0 saturated carbocycles. The van der Waals surface area contributed by atoms with Gasteiger partial charge < -0.3 is 19.9 Å². The van der Waals surface area contributed by atoms with Gasteiger partial charge in [0, 0.05) is 24.9 Å². The summed E-state index contributed by atoms with van der Waals surface area (Å²) in [4.78, 5) is 16.5. The molecule has 2 N–H and O–H groups in total. The first-order valence-electron chi connectivity index (χ1n) is 8.77. The lowest BCUT2D eigenvalue weighted by atomic mass is 10.1. The van der Waals surface area contributed by atoms with E-state index in [1.165, 1.54) is 5.56 Å². The number of methoxy groups -OCH3 is 1. The summed E-state index contributed by atoms with van der Waals surface area (Å²) in [6, 6.07) is 13.0. The highest BCUT2D eigenvalue weighted by Gasteiger charge is 2.12. The zero-order valence-corrected chi connectivity index (χ0v) is 16.4. The Morgan fingerprint density at radius 2 is 2.00 bits per heavy atom. The predicted octanol–water partition coefficient (Wildman–Crippen LogP) is 3.69. The fourth-order valence-electron chi connectivity index (χ4n) is 2.50. The third kappa shape index (κ3) is 5.09. The fourth-order valence-corrected chi connectivity index (χ4v) is 2.76. The van der Waals surface area contributed by atoms with Crippen molar-refractivity contribution in [1.29, 1.82) is 0 Å². The molecule has 3 rings (SSSR count). The molecule has 0 aliphatic carbocycles. The number of nitrogens with one attached hydrogen (secondary N) is 2. The number of carbonyl (C=O) groups is 1. The van der Waals surface area contributed by atoms with Gasteiger partial charge in [0.2, 0.25) is 11.7 Å². The lowest BCUT2D eigenvalue weighted by Gasteiger charge is -2.09. The van der Waals surface area contributed by atoms with E-state index in [1.54, 1.807) is 25.3 Å². The molecule has 0 bridgehead atoms. The van der Waals surface area contributed by atoms with Gasteiger partial charge in [0.1, 0.15) is 0 Å². The number of aromatic nitrogens is 2. The van der Waals surface area contributed by atoms with Crippen LogP contribution in [0.15, 0.2) is 47.0 Å². The van der Waals surface area contributed by atoms with Gasteiger partial charge in [-0.25, -0.2) is 0 Å². The second-order valence-corrected chi connectivity index (χ2v) is 6.58. The Morgan fingerprint density at radius 3 is 2.71 bits per heavy atom. The average molecular weight is 401 g/mol. The Kier molecular flexibility index (Phi) is 6.62. The molecule has 0 atom stereocenters. The van der Waals surface area contributed by atoms with Crippen LogP contribution >= 0.6 is 11.6 Å². The third-order valence-corrected chi connectivity index (χ3v) is 4.34. The number of benzene rings is 2. The van der Waals surface area contributed by atoms with Crippen molar-refractivity contribution in [1.82, 2.24) is 15.5 Å². The summed E-state index contributed by atoms with van der Waals surface area (Å²) in [6.07, 6.45) is 0. The maximum Gasteiger partial charge on any atom is 0.252 e. The number of hydrogen-bond acceptors (Lipinski definition) is 6. The van der Waals surface area contributed by atoms with E-state index in [1.807, 2.05) is 31.2 Å². The van der Waals surface area contributed by atoms with Crippen LogP contribution in [-0.2, 0) is 11.3 Å². The van der Waals surface area contributed by atoms with Crippen molar-refractivity contribution >= 4 is 23.2 Å². The first-order valence-corrected chi connectivity index (χ1v) is 9.15. The lowest BCUT2D eigenvalue weighted by Crippen LogP contribution is -2.27. The molecule has 0 unspecified atom stereocenters. The maximum absolute atomic E-state index is 12.1. The van der Waals surface area contributed by atoms with Crippen LogP contribution in [0.25, 0.3) is 11.4 Å². The Morgan fingerprint density at radius 1 is 1.21 bits per heavy atom. The van der Waals surface area contributed by atoms with Gasteiger partial charge >= 0.3 is 0 Å². The molecule has 8 heteroatoms. The fraction of sp³-hybridized carbons (Fsp3) is 0.250. The van der Waals surface area contributed by atoms with Gasteiger partial charge in [0.15, 0.2) is 0 Å². The van der Waals surface area contributed by atoms with Gasteiger partial charge in [0.05, 0.1) is 23.7 Å². The van der Waals surface area contributed by atoms with E-state index in [4.69, 9.17) is 20.9 Å². The highest BCUT2D eigenvalue weighted by Crippen LogP contribution is 2.22. The molecule has 3 aromatic rings. The van der Waals surface area contributed by atoms with E-state index in [9.17, 15) is 4.79 Å². The van der Waals surface area contributed by atoms with Gasteiger partial charge in [-0.15, -0.1) is 0 Å². The van der Waals surface area contributed by atoms with Crippen molar-refractivity contribution in [3.63, 3.8) is 0 Å². The number of ether oxygens (including phenoxy) is 1. The quantitative estimate of drug-likeness (QED) is 0.560. The Bertz CT molecular complexity index is 941. The monoisotopic (exact) mass is 400 g/mol. The second-order valence-electron chi connectivity index (χ2n) is 6.17. The van der Waals surface area contributed by atoms with E-state index in [-0.39, 0.29) is 5.91 Å². The summed E-state index contributed by atoms with van der Waals surface area (Å²) in [5.41, 5.74) is 3.21. The van der Waals surface area contributed by atoms with Crippen molar-refractivity contribution in [2.45, 2.75) is 13.5 Å². The first kappa shape index (κ1) is 19.9. The standard InChI is InChI=1S/C20H21ClN4O3/c1-13-3-5-14(6-4-13)19-24-18(28-25-19)12-23-15-7-8-16(17(21)11-15)20(26)22-9-10-27-2/h3-8,11,23H,9-10,12H2,1-2H3,(H,22,26). The molecule has 0 fully saturated rings. The number of halogens is 1. The molecule has 0 aliphatic heterocycles. The Labute approximate surface area is 168 Å². The molecule has 0 aliphatic rings. The van der Waals surface area contributed by atoms with E-state index in [2.05, 4.69) is 20.8 Å². The molecule has 1 aromatic heterocycles. The number of aryl methyl sites for hydroxylation is 1. The van der Waals surface area contributed by atoms with Crippen molar-refractivity contribution < 1.29 is 14.1 Å². The Hall–Kier alpha value is -2.90. The second kappa shape index (κ2) is 9.34.